The number of hydrogen-bond donors (Lipinski definition) is 0. The van der Waals surface area contributed by atoms with Gasteiger partial charge in [0, 0.05) is 14.2 Å². The van der Waals surface area contributed by atoms with Crippen molar-refractivity contribution in [3.63, 3.8) is 0 Å². The molecular weight excluding hydrogens is 318 g/mol. The fourth-order valence-corrected chi connectivity index (χ4v) is 0.912. The van der Waals surface area contributed by atoms with Crippen LogP contribution in [0.1, 0.15) is 0 Å². The van der Waals surface area contributed by atoms with Crippen LogP contribution in [0.3, 0.4) is 0 Å². The van der Waals surface area contributed by atoms with Gasteiger partial charge in [0.25, 0.3) is 0 Å². The quantitative estimate of drug-likeness (QED) is 0.684. The number of nitrogens with zero attached hydrogens (tertiary/aromatic N) is 3. The van der Waals surface area contributed by atoms with Crippen molar-refractivity contribution in [2.75, 3.05) is 27.4 Å². The van der Waals surface area contributed by atoms with Gasteiger partial charge >= 0.3 is 17.4 Å². The van der Waals surface area contributed by atoms with Crippen molar-refractivity contribution in [3.05, 3.63) is 73.6 Å². The van der Waals surface area contributed by atoms with E-state index in [9.17, 15) is 0 Å². The SMILES string of the molecule is COCCOC.[Cr+3].c1cc[n-]c1.c1cc[n-]c1.c1cc[n-]c1. The van der Waals surface area contributed by atoms with Crippen LogP contribution >= 0.6 is 0 Å². The Morgan fingerprint density at radius 1 is 0.545 bits per heavy atom. The average Bonchev–Trinajstić information content (AvgIpc) is 3.33. The first-order chi connectivity index (χ1) is 10.4. The first-order valence-corrected chi connectivity index (χ1v) is 6.44. The molecule has 0 unspecified atom stereocenters. The standard InChI is InChI=1S/3C4H4N.C4H10O2.Cr/c3*1-2-4-5-3-1;1-5-3-4-6-2;/h3*1-4H;3-4H2,1-2H3;/q3*-1;;+3. The third-order valence-corrected chi connectivity index (χ3v) is 1.86. The van der Waals surface area contributed by atoms with Crippen molar-refractivity contribution in [1.29, 1.82) is 0 Å². The van der Waals surface area contributed by atoms with E-state index in [0.717, 1.165) is 0 Å². The van der Waals surface area contributed by atoms with E-state index in [1.807, 2.05) is 36.4 Å². The zero-order chi connectivity index (χ0) is 15.4. The van der Waals surface area contributed by atoms with Crippen LogP contribution in [0.4, 0.5) is 0 Å². The number of ether oxygens (including phenoxy) is 2. The number of hydrogen-bond acceptors (Lipinski definition) is 2. The maximum Gasteiger partial charge on any atom is 3.00 e. The molecule has 3 aromatic heterocycles. The molecule has 3 heterocycles. The van der Waals surface area contributed by atoms with E-state index in [4.69, 9.17) is 0 Å². The molecule has 0 aliphatic rings. The number of rotatable bonds is 3. The van der Waals surface area contributed by atoms with Gasteiger partial charge in [0.1, 0.15) is 0 Å². The van der Waals surface area contributed by atoms with E-state index in [2.05, 4.69) is 24.4 Å². The number of methoxy groups -OCH3 is 2. The molecule has 5 nitrogen and oxygen atoms in total. The summed E-state index contributed by atoms with van der Waals surface area (Å²) in [5, 5.41) is 0. The second-order valence-corrected chi connectivity index (χ2v) is 3.48. The molecule has 0 saturated heterocycles. The van der Waals surface area contributed by atoms with Crippen molar-refractivity contribution < 1.29 is 26.8 Å². The van der Waals surface area contributed by atoms with Gasteiger partial charge in [0.2, 0.25) is 0 Å². The Balaban J connectivity index is 0. The van der Waals surface area contributed by atoms with Crippen molar-refractivity contribution in [2.45, 2.75) is 0 Å². The van der Waals surface area contributed by atoms with E-state index in [1.54, 1.807) is 51.4 Å². The molecule has 1 radical (unpaired) electrons. The van der Waals surface area contributed by atoms with Gasteiger partial charge in [-0.2, -0.15) is 37.2 Å². The summed E-state index contributed by atoms with van der Waals surface area (Å²) in [6, 6.07) is 11.3. The van der Waals surface area contributed by atoms with Crippen LogP contribution in [-0.4, -0.2) is 27.4 Å². The molecule has 3 aromatic rings. The summed E-state index contributed by atoms with van der Waals surface area (Å²) in [6.07, 6.45) is 10.5. The van der Waals surface area contributed by atoms with E-state index < -0.39 is 0 Å². The van der Waals surface area contributed by atoms with E-state index in [0.29, 0.717) is 13.2 Å². The summed E-state index contributed by atoms with van der Waals surface area (Å²) < 4.78 is 9.31. The third-order valence-electron chi connectivity index (χ3n) is 1.86. The Hall–Kier alpha value is -1.71. The molecular formula is C16H22CrN3O2. The minimum atomic E-state index is 0. The summed E-state index contributed by atoms with van der Waals surface area (Å²) in [4.78, 5) is 11.2. The normalized spacial score (nSPS) is 7.91. The van der Waals surface area contributed by atoms with E-state index >= 15 is 0 Å². The van der Waals surface area contributed by atoms with Gasteiger partial charge in [-0.3, -0.25) is 0 Å². The van der Waals surface area contributed by atoms with E-state index in [1.165, 1.54) is 0 Å². The monoisotopic (exact) mass is 340 g/mol. The Morgan fingerprint density at radius 3 is 0.864 bits per heavy atom. The molecule has 0 aromatic carbocycles. The van der Waals surface area contributed by atoms with Crippen LogP contribution in [0.25, 0.3) is 0 Å². The molecule has 0 N–H and O–H groups in total. The smallest absolute Gasteiger partial charge is 0.670 e. The molecule has 0 spiro atoms. The summed E-state index contributed by atoms with van der Waals surface area (Å²) >= 11 is 0. The molecule has 3 rings (SSSR count). The maximum absolute atomic E-state index is 4.66. The zero-order valence-electron chi connectivity index (χ0n) is 12.9. The molecule has 22 heavy (non-hydrogen) atoms. The van der Waals surface area contributed by atoms with Crippen LogP contribution < -0.4 is 15.0 Å². The van der Waals surface area contributed by atoms with Crippen molar-refractivity contribution in [2.24, 2.45) is 0 Å². The second-order valence-electron chi connectivity index (χ2n) is 3.48. The first-order valence-electron chi connectivity index (χ1n) is 6.44. The summed E-state index contributed by atoms with van der Waals surface area (Å²) in [7, 11) is 3.30. The minimum Gasteiger partial charge on any atom is -0.670 e. The van der Waals surface area contributed by atoms with Gasteiger partial charge in [-0.05, 0) is 0 Å². The summed E-state index contributed by atoms with van der Waals surface area (Å²) in [5.74, 6) is 0. The van der Waals surface area contributed by atoms with Crippen LogP contribution in [0.2, 0.25) is 0 Å². The largest absolute Gasteiger partial charge is 3.00 e. The fraction of sp³-hybridized carbons (Fsp3) is 0.250. The topological polar surface area (TPSA) is 60.8 Å². The van der Waals surface area contributed by atoms with Crippen LogP contribution in [-0.2, 0) is 26.8 Å². The van der Waals surface area contributed by atoms with Crippen molar-refractivity contribution in [1.82, 2.24) is 15.0 Å². The maximum atomic E-state index is 4.66. The van der Waals surface area contributed by atoms with Crippen molar-refractivity contribution >= 4 is 0 Å². The van der Waals surface area contributed by atoms with Crippen LogP contribution in [0.5, 0.6) is 0 Å². The molecule has 0 bridgehead atoms. The molecule has 0 aliphatic heterocycles. The van der Waals surface area contributed by atoms with Gasteiger partial charge in [-0.15, -0.1) is 0 Å². The Labute approximate surface area is 143 Å². The molecule has 0 fully saturated rings. The van der Waals surface area contributed by atoms with Gasteiger partial charge in [-0.25, -0.2) is 0 Å². The minimum absolute atomic E-state index is 0. The fourth-order valence-electron chi connectivity index (χ4n) is 0.912. The zero-order valence-corrected chi connectivity index (χ0v) is 14.2. The van der Waals surface area contributed by atoms with Crippen molar-refractivity contribution in [3.8, 4) is 0 Å². The Morgan fingerprint density at radius 2 is 0.773 bits per heavy atom. The van der Waals surface area contributed by atoms with Crippen LogP contribution in [0, 0.1) is 0 Å². The molecule has 0 atom stereocenters. The number of aromatic nitrogens is 3. The van der Waals surface area contributed by atoms with Crippen LogP contribution in [0.15, 0.2) is 73.6 Å². The first kappa shape index (κ1) is 22.6. The van der Waals surface area contributed by atoms with Gasteiger partial charge in [0.05, 0.1) is 13.2 Å². The Bertz CT molecular complexity index is 310. The van der Waals surface area contributed by atoms with Gasteiger partial charge in [0.15, 0.2) is 0 Å². The van der Waals surface area contributed by atoms with E-state index in [-0.39, 0.29) is 17.4 Å². The average molecular weight is 340 g/mol. The van der Waals surface area contributed by atoms with Gasteiger partial charge < -0.3 is 24.4 Å². The molecule has 0 aliphatic carbocycles. The molecule has 119 valence electrons. The Kier molecular flexibility index (Phi) is 22.1. The molecule has 0 saturated carbocycles. The predicted molar refractivity (Wildman–Crippen MR) is 83.0 cm³/mol. The van der Waals surface area contributed by atoms with Gasteiger partial charge in [-0.1, -0.05) is 36.4 Å². The summed E-state index contributed by atoms with van der Waals surface area (Å²) in [5.41, 5.74) is 0. The predicted octanol–water partition coefficient (Wildman–Crippen LogP) is 2.21. The second kappa shape index (κ2) is 21.6. The third kappa shape index (κ3) is 20.6. The summed E-state index contributed by atoms with van der Waals surface area (Å²) in [6.45, 7) is 1.38. The molecule has 0 amide bonds. The molecule has 6 heteroatoms.